The molecule has 176 valence electrons. The van der Waals surface area contributed by atoms with E-state index < -0.39 is 11.9 Å². The van der Waals surface area contributed by atoms with Gasteiger partial charge in [-0.05, 0) is 36.8 Å². The highest BCUT2D eigenvalue weighted by Crippen LogP contribution is 2.41. The molecule has 8 heteroatoms. The molecule has 0 spiro atoms. The number of aromatic nitrogens is 2. The molecule has 0 unspecified atom stereocenters. The van der Waals surface area contributed by atoms with Gasteiger partial charge in [0.25, 0.3) is 0 Å². The number of hydrogen-bond donors (Lipinski definition) is 1. The van der Waals surface area contributed by atoms with Crippen molar-refractivity contribution in [3.63, 3.8) is 0 Å². The molecule has 2 aromatic heterocycles. The van der Waals surface area contributed by atoms with Gasteiger partial charge in [0.05, 0.1) is 19.2 Å². The molecule has 2 heterocycles. The van der Waals surface area contributed by atoms with Crippen LogP contribution < -0.4 is 9.64 Å². The molecule has 3 aromatic rings. The van der Waals surface area contributed by atoms with Crippen LogP contribution in [0.2, 0.25) is 0 Å². The van der Waals surface area contributed by atoms with Crippen LogP contribution in [0.5, 0.6) is 5.88 Å². The van der Waals surface area contributed by atoms with Gasteiger partial charge in [-0.15, -0.1) is 11.3 Å². The number of pyridine rings is 1. The first-order valence-electron chi connectivity index (χ1n) is 11.6. The summed E-state index contributed by atoms with van der Waals surface area (Å²) >= 11 is 1.44. The molecule has 2 saturated carbocycles. The first-order chi connectivity index (χ1) is 16.5. The largest absolute Gasteiger partial charge is 0.481 e. The Balaban J connectivity index is 1.44. The zero-order chi connectivity index (χ0) is 23.7. The van der Waals surface area contributed by atoms with Crippen molar-refractivity contribution < 1.29 is 19.4 Å². The topological polar surface area (TPSA) is 92.6 Å². The van der Waals surface area contributed by atoms with Gasteiger partial charge in [0.1, 0.15) is 0 Å². The Morgan fingerprint density at radius 1 is 1.15 bits per heavy atom. The lowest BCUT2D eigenvalue weighted by atomic mass is 9.96. The van der Waals surface area contributed by atoms with Crippen LogP contribution in [-0.4, -0.2) is 40.1 Å². The molecule has 1 N–H and O–H groups in total. The Kier molecular flexibility index (Phi) is 6.32. The summed E-state index contributed by atoms with van der Waals surface area (Å²) in [6.45, 7) is 0. The normalized spacial score (nSPS) is 16.1. The van der Waals surface area contributed by atoms with Crippen molar-refractivity contribution in [1.82, 2.24) is 9.97 Å². The summed E-state index contributed by atoms with van der Waals surface area (Å²) in [6, 6.07) is 11.9. The Hall–Kier alpha value is -3.26. The molecule has 2 aliphatic rings. The highest BCUT2D eigenvalue weighted by Gasteiger charge is 2.40. The number of rotatable bonds is 10. The Morgan fingerprint density at radius 3 is 2.53 bits per heavy atom. The highest BCUT2D eigenvalue weighted by atomic mass is 32.1. The average molecular weight is 478 g/mol. The van der Waals surface area contributed by atoms with Gasteiger partial charge in [-0.25, -0.2) is 9.97 Å². The predicted molar refractivity (Wildman–Crippen MR) is 131 cm³/mol. The average Bonchev–Trinajstić information content (AvgIpc) is 3.78. The zero-order valence-corrected chi connectivity index (χ0v) is 19.8. The Labute approximate surface area is 202 Å². The van der Waals surface area contributed by atoms with Gasteiger partial charge in [0.2, 0.25) is 11.8 Å². The summed E-state index contributed by atoms with van der Waals surface area (Å²) in [5.41, 5.74) is 3.70. The van der Waals surface area contributed by atoms with Crippen LogP contribution in [0.3, 0.4) is 0 Å². The van der Waals surface area contributed by atoms with Crippen LogP contribution in [-0.2, 0) is 9.59 Å². The van der Waals surface area contributed by atoms with E-state index in [9.17, 15) is 14.7 Å². The summed E-state index contributed by atoms with van der Waals surface area (Å²) in [5.74, 6) is -0.471. The van der Waals surface area contributed by atoms with Crippen LogP contribution in [0.4, 0.5) is 5.13 Å². The number of nitrogens with zero attached hydrogens (tertiary/aromatic N) is 3. The van der Waals surface area contributed by atoms with E-state index in [1.54, 1.807) is 18.2 Å². The third-order valence-corrected chi connectivity index (χ3v) is 7.23. The molecule has 2 fully saturated rings. The van der Waals surface area contributed by atoms with Crippen molar-refractivity contribution in [2.75, 3.05) is 12.0 Å². The first-order valence-corrected chi connectivity index (χ1v) is 12.5. The van der Waals surface area contributed by atoms with E-state index >= 15 is 0 Å². The van der Waals surface area contributed by atoms with Crippen LogP contribution >= 0.6 is 11.3 Å². The second-order valence-corrected chi connectivity index (χ2v) is 9.90. The number of hydrogen-bond acceptors (Lipinski definition) is 6. The van der Waals surface area contributed by atoms with Crippen LogP contribution in [0.15, 0.2) is 48.0 Å². The summed E-state index contributed by atoms with van der Waals surface area (Å²) in [4.78, 5) is 36.0. The molecule has 1 aromatic carbocycles. The van der Waals surface area contributed by atoms with Crippen LogP contribution in [0.1, 0.15) is 38.5 Å². The minimum absolute atomic E-state index is 0.0923. The van der Waals surface area contributed by atoms with Crippen molar-refractivity contribution in [2.45, 2.75) is 44.6 Å². The number of methoxy groups -OCH3 is 1. The minimum Gasteiger partial charge on any atom is -0.481 e. The number of carbonyl (C=O) groups excluding carboxylic acids is 1. The molecular weight excluding hydrogens is 450 g/mol. The minimum atomic E-state index is -0.920. The fraction of sp³-hybridized carbons (Fsp3) is 0.385. The van der Waals surface area contributed by atoms with E-state index in [4.69, 9.17) is 9.72 Å². The van der Waals surface area contributed by atoms with Crippen molar-refractivity contribution in [3.05, 3.63) is 48.0 Å². The second kappa shape index (κ2) is 9.54. The van der Waals surface area contributed by atoms with Gasteiger partial charge < -0.3 is 9.84 Å². The molecule has 0 saturated heterocycles. The van der Waals surface area contributed by atoms with E-state index in [1.165, 1.54) is 11.3 Å². The molecule has 7 nitrogen and oxygen atoms in total. The quantitative estimate of drug-likeness (QED) is 0.428. The van der Waals surface area contributed by atoms with E-state index in [0.717, 1.165) is 48.1 Å². The number of anilines is 1. The third-order valence-electron chi connectivity index (χ3n) is 6.39. The lowest BCUT2D eigenvalue weighted by Gasteiger charge is -2.24. The SMILES string of the molecule is COc1ccc(-c2ccccc2-c2csc(N(C(=O)[C@@H](CC(=O)O)CC3CC3)C3CC3)n2)cn1. The highest BCUT2D eigenvalue weighted by molar-refractivity contribution is 7.14. The maximum absolute atomic E-state index is 13.5. The standard InChI is InChI=1S/C26H27N3O4S/c1-33-23-11-8-17(14-27-23)20-4-2-3-5-21(20)22-15-34-26(28-22)29(19-9-10-19)25(32)18(13-24(30)31)12-16-6-7-16/h2-5,8,11,14-16,18-19H,6-7,9-10,12-13H2,1H3,(H,30,31)/t18-/m1/s1. The van der Waals surface area contributed by atoms with Gasteiger partial charge >= 0.3 is 5.97 Å². The van der Waals surface area contributed by atoms with E-state index in [0.29, 0.717) is 23.4 Å². The lowest BCUT2D eigenvalue weighted by Crippen LogP contribution is -2.39. The van der Waals surface area contributed by atoms with Crippen molar-refractivity contribution in [3.8, 4) is 28.3 Å². The number of carboxylic acid groups (broad SMARTS) is 1. The maximum atomic E-state index is 13.5. The molecule has 0 radical (unpaired) electrons. The molecule has 0 aliphatic heterocycles. The Morgan fingerprint density at radius 2 is 1.91 bits per heavy atom. The molecule has 34 heavy (non-hydrogen) atoms. The van der Waals surface area contributed by atoms with E-state index in [2.05, 4.69) is 4.98 Å². The molecule has 1 amide bonds. The third kappa shape index (κ3) is 4.97. The first kappa shape index (κ1) is 22.5. The molecule has 1 atom stereocenters. The van der Waals surface area contributed by atoms with Gasteiger partial charge in [-0.1, -0.05) is 37.1 Å². The smallest absolute Gasteiger partial charge is 0.304 e. The number of aliphatic carboxylic acids is 1. The van der Waals surface area contributed by atoms with Crippen LogP contribution in [0, 0.1) is 11.8 Å². The predicted octanol–water partition coefficient (Wildman–Crippen LogP) is 5.27. The monoisotopic (exact) mass is 477 g/mol. The van der Waals surface area contributed by atoms with E-state index in [1.807, 2.05) is 41.8 Å². The maximum Gasteiger partial charge on any atom is 0.304 e. The number of benzene rings is 1. The second-order valence-electron chi connectivity index (χ2n) is 9.06. The van der Waals surface area contributed by atoms with Gasteiger partial charge in [0, 0.05) is 40.7 Å². The number of ether oxygens (including phenoxy) is 1. The van der Waals surface area contributed by atoms with Gasteiger partial charge in [-0.3, -0.25) is 14.5 Å². The van der Waals surface area contributed by atoms with Gasteiger partial charge in [0.15, 0.2) is 5.13 Å². The summed E-state index contributed by atoms with van der Waals surface area (Å²) in [6.07, 6.45) is 6.34. The number of carboxylic acids is 1. The number of carbonyl (C=O) groups is 2. The molecular formula is C26H27N3O4S. The molecule has 0 bridgehead atoms. The lowest BCUT2D eigenvalue weighted by molar-refractivity contribution is -0.140. The van der Waals surface area contributed by atoms with Crippen LogP contribution in [0.25, 0.3) is 22.4 Å². The fourth-order valence-electron chi connectivity index (χ4n) is 4.32. The van der Waals surface area contributed by atoms with Crippen molar-refractivity contribution in [1.29, 1.82) is 0 Å². The molecule has 5 rings (SSSR count). The number of thiazole rings is 1. The van der Waals surface area contributed by atoms with Crippen molar-refractivity contribution in [2.24, 2.45) is 11.8 Å². The summed E-state index contributed by atoms with van der Waals surface area (Å²) < 4.78 is 5.18. The van der Waals surface area contributed by atoms with Crippen molar-refractivity contribution >= 4 is 28.3 Å². The Bertz CT molecular complexity index is 1180. The zero-order valence-electron chi connectivity index (χ0n) is 19.0. The van der Waals surface area contributed by atoms with Gasteiger partial charge in [-0.2, -0.15) is 0 Å². The molecule has 2 aliphatic carbocycles. The van der Waals surface area contributed by atoms with E-state index in [-0.39, 0.29) is 18.4 Å². The number of amides is 1. The summed E-state index contributed by atoms with van der Waals surface area (Å²) in [7, 11) is 1.59. The fourth-order valence-corrected chi connectivity index (χ4v) is 5.22. The summed E-state index contributed by atoms with van der Waals surface area (Å²) in [5, 5.41) is 12.0.